The van der Waals surface area contributed by atoms with E-state index < -0.39 is 16.4 Å². The van der Waals surface area contributed by atoms with Crippen LogP contribution in [-0.2, 0) is 25.0 Å². The first kappa shape index (κ1) is 17.3. The van der Waals surface area contributed by atoms with Crippen LogP contribution in [0, 0.1) is 0 Å². The van der Waals surface area contributed by atoms with Crippen molar-refractivity contribution in [3.63, 3.8) is 0 Å². The average Bonchev–Trinajstić information content (AvgIpc) is 2.44. The minimum Gasteiger partial charge on any atom is -0.390 e. The third-order valence-electron chi connectivity index (χ3n) is 4.44. The zero-order chi connectivity index (χ0) is 15.1. The molecule has 0 spiro atoms. The van der Waals surface area contributed by atoms with Gasteiger partial charge < -0.3 is 19.3 Å². The Labute approximate surface area is 129 Å². The maximum atomic E-state index is 12.1. The van der Waals surface area contributed by atoms with Crippen molar-refractivity contribution in [2.24, 2.45) is 0 Å². The van der Waals surface area contributed by atoms with Crippen LogP contribution in [0.2, 0.25) is 0 Å². The van der Waals surface area contributed by atoms with Crippen LogP contribution in [0.25, 0.3) is 0 Å². The number of ether oxygens (including phenoxy) is 3. The lowest BCUT2D eigenvalue weighted by Gasteiger charge is -2.43. The summed E-state index contributed by atoms with van der Waals surface area (Å²) < 4.78 is 27.9. The summed E-state index contributed by atoms with van der Waals surface area (Å²) in [6.07, 6.45) is 5.13. The molecule has 124 valence electrons. The molecule has 2 atom stereocenters. The topological polar surface area (TPSA) is 65.0 Å². The van der Waals surface area contributed by atoms with Crippen molar-refractivity contribution in [3.8, 4) is 0 Å². The highest BCUT2D eigenvalue weighted by Crippen LogP contribution is 2.40. The zero-order valence-corrected chi connectivity index (χ0v) is 13.7. The second kappa shape index (κ2) is 8.58. The standard InChI is InChI=1S/C15H28O5S/c1-18-7-8-20-10-9-19-6-5-15(16)11-13-3-2-4-14(12-15)21(13)17/h13-14,16H,2-12H2,1H3. The lowest BCUT2D eigenvalue weighted by atomic mass is 9.83. The van der Waals surface area contributed by atoms with Gasteiger partial charge in [-0.1, -0.05) is 6.42 Å². The highest BCUT2D eigenvalue weighted by Gasteiger charge is 2.45. The molecule has 0 aromatic rings. The van der Waals surface area contributed by atoms with Gasteiger partial charge in [0.2, 0.25) is 0 Å². The van der Waals surface area contributed by atoms with Gasteiger partial charge in [0.25, 0.3) is 0 Å². The van der Waals surface area contributed by atoms with Crippen LogP contribution in [0.15, 0.2) is 0 Å². The van der Waals surface area contributed by atoms with Gasteiger partial charge >= 0.3 is 0 Å². The minimum atomic E-state index is -0.729. The lowest BCUT2D eigenvalue weighted by Crippen LogP contribution is -2.49. The largest absolute Gasteiger partial charge is 0.390 e. The van der Waals surface area contributed by atoms with Crippen LogP contribution < -0.4 is 0 Å². The molecule has 2 unspecified atom stereocenters. The minimum absolute atomic E-state index is 0.194. The molecule has 2 saturated heterocycles. The Bertz CT molecular complexity index is 320. The molecule has 2 fully saturated rings. The van der Waals surface area contributed by atoms with E-state index >= 15 is 0 Å². The zero-order valence-electron chi connectivity index (χ0n) is 12.9. The van der Waals surface area contributed by atoms with Gasteiger partial charge in [-0.25, -0.2) is 0 Å². The van der Waals surface area contributed by atoms with Crippen LogP contribution in [0.1, 0.15) is 38.5 Å². The number of fused-ring (bicyclic) bond motifs is 2. The molecule has 0 aromatic heterocycles. The third kappa shape index (κ3) is 5.28. The van der Waals surface area contributed by atoms with Gasteiger partial charge in [-0.05, 0) is 32.1 Å². The summed E-state index contributed by atoms with van der Waals surface area (Å²) in [6, 6.07) is 0. The Hall–Kier alpha value is -0.0100. The van der Waals surface area contributed by atoms with Gasteiger partial charge in [-0.2, -0.15) is 0 Å². The van der Waals surface area contributed by atoms with Crippen molar-refractivity contribution in [2.45, 2.75) is 54.6 Å². The normalized spacial score (nSPS) is 35.8. The molecule has 2 bridgehead atoms. The van der Waals surface area contributed by atoms with Crippen molar-refractivity contribution in [1.29, 1.82) is 0 Å². The summed E-state index contributed by atoms with van der Waals surface area (Å²) >= 11 is 0. The number of rotatable bonds is 9. The van der Waals surface area contributed by atoms with Gasteiger partial charge in [-0.3, -0.25) is 4.21 Å². The van der Waals surface area contributed by atoms with E-state index in [0.717, 1.165) is 19.3 Å². The molecule has 2 aliphatic heterocycles. The first-order valence-corrected chi connectivity index (χ1v) is 9.18. The molecule has 21 heavy (non-hydrogen) atoms. The van der Waals surface area contributed by atoms with Crippen LogP contribution in [0.5, 0.6) is 0 Å². The monoisotopic (exact) mass is 320 g/mol. The fourth-order valence-corrected chi connectivity index (χ4v) is 5.60. The first-order valence-electron chi connectivity index (χ1n) is 7.91. The Morgan fingerprint density at radius 2 is 1.62 bits per heavy atom. The van der Waals surface area contributed by atoms with Crippen molar-refractivity contribution in [2.75, 3.05) is 40.1 Å². The van der Waals surface area contributed by atoms with E-state index in [1.54, 1.807) is 7.11 Å². The maximum Gasteiger partial charge on any atom is 0.0701 e. The first-order chi connectivity index (χ1) is 10.1. The van der Waals surface area contributed by atoms with Crippen LogP contribution in [-0.4, -0.2) is 65.6 Å². The Morgan fingerprint density at radius 1 is 1.05 bits per heavy atom. The van der Waals surface area contributed by atoms with Crippen molar-refractivity contribution in [3.05, 3.63) is 0 Å². The average molecular weight is 320 g/mol. The van der Waals surface area contributed by atoms with Crippen LogP contribution >= 0.6 is 0 Å². The van der Waals surface area contributed by atoms with Crippen molar-refractivity contribution < 1.29 is 23.5 Å². The van der Waals surface area contributed by atoms with Crippen molar-refractivity contribution in [1.82, 2.24) is 0 Å². The smallest absolute Gasteiger partial charge is 0.0701 e. The summed E-state index contributed by atoms with van der Waals surface area (Å²) in [5, 5.41) is 11.1. The fourth-order valence-electron chi connectivity index (χ4n) is 3.31. The lowest BCUT2D eigenvalue weighted by molar-refractivity contribution is -0.0315. The van der Waals surface area contributed by atoms with Gasteiger partial charge in [0.1, 0.15) is 0 Å². The van der Waals surface area contributed by atoms with Crippen LogP contribution in [0.3, 0.4) is 0 Å². The summed E-state index contributed by atoms with van der Waals surface area (Å²) in [4.78, 5) is 0. The third-order valence-corrected chi connectivity index (χ3v) is 6.56. The quantitative estimate of drug-likeness (QED) is 0.648. The van der Waals surface area contributed by atoms with Crippen LogP contribution in [0.4, 0.5) is 0 Å². The van der Waals surface area contributed by atoms with Crippen molar-refractivity contribution >= 4 is 10.8 Å². The highest BCUT2D eigenvalue weighted by molar-refractivity contribution is 7.86. The number of hydrogen-bond acceptors (Lipinski definition) is 5. The molecular formula is C15H28O5S. The van der Waals surface area contributed by atoms with E-state index in [0.29, 0.717) is 52.3 Å². The van der Waals surface area contributed by atoms with Gasteiger partial charge in [0.15, 0.2) is 0 Å². The van der Waals surface area contributed by atoms with E-state index in [1.807, 2.05) is 0 Å². The summed E-state index contributed by atoms with van der Waals surface area (Å²) in [5.41, 5.74) is -0.680. The predicted molar refractivity (Wildman–Crippen MR) is 81.9 cm³/mol. The molecule has 6 heteroatoms. The molecular weight excluding hydrogens is 292 g/mol. The van der Waals surface area contributed by atoms with E-state index in [1.165, 1.54) is 0 Å². The SMILES string of the molecule is COCCOCCOCCC1(O)CC2CCCC(C1)S2=O. The highest BCUT2D eigenvalue weighted by atomic mass is 32.2. The Kier molecular flexibility index (Phi) is 7.08. The number of aliphatic hydroxyl groups is 1. The second-order valence-corrected chi connectivity index (χ2v) is 8.09. The Morgan fingerprint density at radius 3 is 2.24 bits per heavy atom. The van der Waals surface area contributed by atoms with E-state index in [2.05, 4.69) is 0 Å². The molecule has 0 amide bonds. The van der Waals surface area contributed by atoms with Gasteiger partial charge in [0.05, 0.1) is 32.0 Å². The molecule has 0 aliphatic carbocycles. The second-order valence-electron chi connectivity index (χ2n) is 6.10. The Balaban J connectivity index is 1.61. The molecule has 1 N–H and O–H groups in total. The summed E-state index contributed by atoms with van der Waals surface area (Å²) in [7, 11) is 0.917. The predicted octanol–water partition coefficient (Wildman–Crippen LogP) is 1.25. The van der Waals surface area contributed by atoms with E-state index in [9.17, 15) is 9.32 Å². The fraction of sp³-hybridized carbons (Fsp3) is 1.00. The summed E-state index contributed by atoms with van der Waals surface area (Å²) in [5.74, 6) is 0. The van der Waals surface area contributed by atoms with Gasteiger partial charge in [-0.15, -0.1) is 0 Å². The molecule has 0 saturated carbocycles. The maximum absolute atomic E-state index is 12.1. The number of hydrogen-bond donors (Lipinski definition) is 1. The molecule has 2 aliphatic rings. The number of methoxy groups -OCH3 is 1. The van der Waals surface area contributed by atoms with Gasteiger partial charge in [0, 0.05) is 35.0 Å². The molecule has 2 heterocycles. The molecule has 5 nitrogen and oxygen atoms in total. The molecule has 0 aromatic carbocycles. The van der Waals surface area contributed by atoms with E-state index in [4.69, 9.17) is 14.2 Å². The van der Waals surface area contributed by atoms with E-state index in [-0.39, 0.29) is 10.5 Å². The molecule has 2 rings (SSSR count). The molecule has 0 radical (unpaired) electrons. The summed E-state index contributed by atoms with van der Waals surface area (Å²) in [6.45, 7) is 2.81.